The lowest BCUT2D eigenvalue weighted by Crippen LogP contribution is -2.45. The smallest absolute Gasteiger partial charge is 0.138 e. The van der Waals surface area contributed by atoms with E-state index in [4.69, 9.17) is 27.9 Å². The number of nitrogens with one attached hydrogen (secondary N) is 1. The first-order valence-corrected chi connectivity index (χ1v) is 7.01. The third-order valence-electron chi connectivity index (χ3n) is 3.27. The molecule has 1 heterocycles. The number of ether oxygens (including phenoxy) is 1. The van der Waals surface area contributed by atoms with Crippen molar-refractivity contribution in [2.45, 2.75) is 6.10 Å². The van der Waals surface area contributed by atoms with Crippen molar-refractivity contribution in [3.63, 3.8) is 0 Å². The number of halogens is 2. The summed E-state index contributed by atoms with van der Waals surface area (Å²) in [6.07, 6.45) is -0.644. The molecule has 0 amide bonds. The minimum atomic E-state index is -0.644. The van der Waals surface area contributed by atoms with Crippen LogP contribution in [0.25, 0.3) is 0 Å². The fourth-order valence-electron chi connectivity index (χ4n) is 2.19. The number of methoxy groups -OCH3 is 1. The fraction of sp³-hybridized carbons (Fsp3) is 0.538. The van der Waals surface area contributed by atoms with Crippen LogP contribution in [0.15, 0.2) is 12.1 Å². The summed E-state index contributed by atoms with van der Waals surface area (Å²) in [5.74, 6) is 0.518. The minimum Gasteiger partial charge on any atom is -0.495 e. The SMILES string of the molecule is COc1cc(Cl)c(C(O)CN2CCNCC2)cc1Cl. The third-order valence-corrected chi connectivity index (χ3v) is 3.89. The Morgan fingerprint density at radius 3 is 2.63 bits per heavy atom. The second-order valence-electron chi connectivity index (χ2n) is 4.57. The van der Waals surface area contributed by atoms with Crippen molar-refractivity contribution in [2.24, 2.45) is 0 Å². The first-order valence-electron chi connectivity index (χ1n) is 6.26. The summed E-state index contributed by atoms with van der Waals surface area (Å²) in [5, 5.41) is 14.5. The van der Waals surface area contributed by atoms with Crippen LogP contribution in [0.1, 0.15) is 11.7 Å². The lowest BCUT2D eigenvalue weighted by molar-refractivity contribution is 0.105. The quantitative estimate of drug-likeness (QED) is 0.892. The van der Waals surface area contributed by atoms with Crippen molar-refractivity contribution in [1.29, 1.82) is 0 Å². The lowest BCUT2D eigenvalue weighted by atomic mass is 10.1. The van der Waals surface area contributed by atoms with Crippen LogP contribution in [-0.4, -0.2) is 49.8 Å². The molecular weight excluding hydrogens is 287 g/mol. The zero-order valence-electron chi connectivity index (χ0n) is 10.8. The van der Waals surface area contributed by atoms with Crippen LogP contribution < -0.4 is 10.1 Å². The lowest BCUT2D eigenvalue weighted by Gasteiger charge is -2.29. The second kappa shape index (κ2) is 6.77. The number of rotatable bonds is 4. The van der Waals surface area contributed by atoms with E-state index in [0.29, 0.717) is 27.9 Å². The maximum Gasteiger partial charge on any atom is 0.138 e. The zero-order chi connectivity index (χ0) is 13.8. The topological polar surface area (TPSA) is 44.7 Å². The first kappa shape index (κ1) is 14.9. The summed E-state index contributed by atoms with van der Waals surface area (Å²) in [7, 11) is 1.54. The summed E-state index contributed by atoms with van der Waals surface area (Å²) < 4.78 is 5.09. The van der Waals surface area contributed by atoms with E-state index < -0.39 is 6.10 Å². The van der Waals surface area contributed by atoms with E-state index in [2.05, 4.69) is 10.2 Å². The number of piperazine rings is 1. The Balaban J connectivity index is 2.09. The molecule has 0 aliphatic carbocycles. The Kier molecular flexibility index (Phi) is 5.30. The van der Waals surface area contributed by atoms with Gasteiger partial charge in [0, 0.05) is 44.4 Å². The van der Waals surface area contributed by atoms with Gasteiger partial charge in [0.1, 0.15) is 5.75 Å². The average Bonchev–Trinajstić information content (AvgIpc) is 2.42. The van der Waals surface area contributed by atoms with E-state index >= 15 is 0 Å². The van der Waals surface area contributed by atoms with Gasteiger partial charge in [-0.3, -0.25) is 4.90 Å². The molecule has 1 unspecified atom stereocenters. The molecule has 2 N–H and O–H groups in total. The maximum absolute atomic E-state index is 10.3. The van der Waals surface area contributed by atoms with Gasteiger partial charge in [0.25, 0.3) is 0 Å². The summed E-state index contributed by atoms with van der Waals surface area (Å²) in [4.78, 5) is 2.20. The molecule has 106 valence electrons. The van der Waals surface area contributed by atoms with Crippen LogP contribution in [0, 0.1) is 0 Å². The standard InChI is InChI=1S/C13H18Cl2N2O2/c1-19-13-7-10(14)9(6-11(13)15)12(18)8-17-4-2-16-3-5-17/h6-7,12,16,18H,2-5,8H2,1H3. The van der Waals surface area contributed by atoms with Gasteiger partial charge in [0.15, 0.2) is 0 Å². The number of aliphatic hydroxyl groups is 1. The molecule has 1 atom stereocenters. The minimum absolute atomic E-state index is 0.460. The van der Waals surface area contributed by atoms with Crippen molar-refractivity contribution >= 4 is 23.2 Å². The van der Waals surface area contributed by atoms with E-state index in [-0.39, 0.29) is 0 Å². The van der Waals surface area contributed by atoms with E-state index in [9.17, 15) is 5.11 Å². The molecule has 2 rings (SSSR count). The molecule has 1 fully saturated rings. The van der Waals surface area contributed by atoms with Gasteiger partial charge in [-0.05, 0) is 6.07 Å². The van der Waals surface area contributed by atoms with E-state index in [1.54, 1.807) is 12.1 Å². The molecule has 1 saturated heterocycles. The molecule has 19 heavy (non-hydrogen) atoms. The van der Waals surface area contributed by atoms with Gasteiger partial charge in [-0.25, -0.2) is 0 Å². The van der Waals surface area contributed by atoms with E-state index in [1.165, 1.54) is 7.11 Å². The second-order valence-corrected chi connectivity index (χ2v) is 5.39. The predicted molar refractivity (Wildman–Crippen MR) is 77.3 cm³/mol. The van der Waals surface area contributed by atoms with Gasteiger partial charge in [0.05, 0.1) is 23.3 Å². The summed E-state index contributed by atoms with van der Waals surface area (Å²) in [5.41, 5.74) is 0.644. The van der Waals surface area contributed by atoms with Gasteiger partial charge >= 0.3 is 0 Å². The van der Waals surface area contributed by atoms with Gasteiger partial charge < -0.3 is 15.2 Å². The Bertz CT molecular complexity index is 437. The third kappa shape index (κ3) is 3.74. The van der Waals surface area contributed by atoms with Crippen molar-refractivity contribution in [2.75, 3.05) is 39.8 Å². The van der Waals surface area contributed by atoms with Crippen LogP contribution in [-0.2, 0) is 0 Å². The molecule has 1 aliphatic heterocycles. The Morgan fingerprint density at radius 2 is 2.00 bits per heavy atom. The van der Waals surface area contributed by atoms with Gasteiger partial charge in [-0.15, -0.1) is 0 Å². The molecule has 6 heteroatoms. The number of aliphatic hydroxyl groups excluding tert-OH is 1. The zero-order valence-corrected chi connectivity index (χ0v) is 12.3. The molecule has 0 saturated carbocycles. The molecule has 1 aromatic rings. The maximum atomic E-state index is 10.3. The molecule has 0 radical (unpaired) electrons. The van der Waals surface area contributed by atoms with Crippen molar-refractivity contribution in [3.8, 4) is 5.75 Å². The number of hydrogen-bond donors (Lipinski definition) is 2. The van der Waals surface area contributed by atoms with Crippen molar-refractivity contribution in [1.82, 2.24) is 10.2 Å². The molecule has 0 spiro atoms. The van der Waals surface area contributed by atoms with Crippen LogP contribution in [0.5, 0.6) is 5.75 Å². The number of β-amino-alcohol motifs (C(OH)–C–C–N with tert-alkyl or cyclic N) is 1. The molecule has 0 aromatic heterocycles. The Labute approximate surface area is 123 Å². The summed E-state index contributed by atoms with van der Waals surface area (Å²) in [6.45, 7) is 4.31. The highest BCUT2D eigenvalue weighted by molar-refractivity contribution is 6.34. The Hall–Kier alpha value is -0.520. The van der Waals surface area contributed by atoms with Crippen LogP contribution >= 0.6 is 23.2 Å². The molecule has 1 aliphatic rings. The van der Waals surface area contributed by atoms with Gasteiger partial charge in [-0.1, -0.05) is 23.2 Å². The normalized spacial score (nSPS) is 18.3. The van der Waals surface area contributed by atoms with Crippen LogP contribution in [0.2, 0.25) is 10.0 Å². The fourth-order valence-corrected chi connectivity index (χ4v) is 2.72. The average molecular weight is 305 g/mol. The first-order chi connectivity index (χ1) is 9.11. The van der Waals surface area contributed by atoms with Crippen molar-refractivity contribution in [3.05, 3.63) is 27.7 Å². The number of nitrogens with zero attached hydrogens (tertiary/aromatic N) is 1. The molecule has 4 nitrogen and oxygen atoms in total. The number of benzene rings is 1. The van der Waals surface area contributed by atoms with Gasteiger partial charge in [0.2, 0.25) is 0 Å². The monoisotopic (exact) mass is 304 g/mol. The van der Waals surface area contributed by atoms with E-state index in [1.807, 2.05) is 0 Å². The number of hydrogen-bond acceptors (Lipinski definition) is 4. The van der Waals surface area contributed by atoms with Crippen LogP contribution in [0.4, 0.5) is 0 Å². The highest BCUT2D eigenvalue weighted by atomic mass is 35.5. The highest BCUT2D eigenvalue weighted by Crippen LogP contribution is 2.34. The summed E-state index contributed by atoms with van der Waals surface area (Å²) >= 11 is 12.2. The molecular formula is C13H18Cl2N2O2. The highest BCUT2D eigenvalue weighted by Gasteiger charge is 2.19. The van der Waals surface area contributed by atoms with E-state index in [0.717, 1.165) is 26.2 Å². The largest absolute Gasteiger partial charge is 0.495 e. The Morgan fingerprint density at radius 1 is 1.32 bits per heavy atom. The van der Waals surface area contributed by atoms with Crippen LogP contribution in [0.3, 0.4) is 0 Å². The molecule has 1 aromatic carbocycles. The molecule has 0 bridgehead atoms. The van der Waals surface area contributed by atoms with Crippen molar-refractivity contribution < 1.29 is 9.84 Å². The summed E-state index contributed by atoms with van der Waals surface area (Å²) in [6, 6.07) is 3.32. The van der Waals surface area contributed by atoms with Gasteiger partial charge in [-0.2, -0.15) is 0 Å². The predicted octanol–water partition coefficient (Wildman–Crippen LogP) is 1.94.